The average Bonchev–Trinajstić information content (AvgIpc) is 2.88. The fourth-order valence-corrected chi connectivity index (χ4v) is 2.49. The van der Waals surface area contributed by atoms with Crippen LogP contribution in [0.25, 0.3) is 10.9 Å². The van der Waals surface area contributed by atoms with Gasteiger partial charge in [-0.25, -0.2) is 4.98 Å². The number of aryl methyl sites for hydroxylation is 1. The standard InChI is InChI=1S/C17H18N4O2/c1-11-12(2)21(10-19-11)16(9-22)17(23)20-14-7-13-5-3-4-6-15(13)18-8-14/h3-8,10,16,22H,9H2,1-2H3,(H,20,23)/t16-/m0/s1. The lowest BCUT2D eigenvalue weighted by atomic mass is 10.2. The van der Waals surface area contributed by atoms with Gasteiger partial charge in [-0.3, -0.25) is 9.78 Å². The number of carbonyl (C=O) groups excluding carboxylic acids is 1. The molecule has 2 aromatic heterocycles. The number of amides is 1. The molecule has 2 N–H and O–H groups in total. The quantitative estimate of drug-likeness (QED) is 0.774. The van der Waals surface area contributed by atoms with Crippen LogP contribution in [0, 0.1) is 13.8 Å². The topological polar surface area (TPSA) is 80.0 Å². The lowest BCUT2D eigenvalue weighted by Crippen LogP contribution is -2.29. The van der Waals surface area contributed by atoms with Crippen molar-refractivity contribution in [3.63, 3.8) is 0 Å². The Labute approximate surface area is 133 Å². The number of aromatic nitrogens is 3. The van der Waals surface area contributed by atoms with E-state index in [1.807, 2.05) is 44.2 Å². The molecular weight excluding hydrogens is 292 g/mol. The summed E-state index contributed by atoms with van der Waals surface area (Å²) in [5, 5.41) is 13.4. The van der Waals surface area contributed by atoms with E-state index in [2.05, 4.69) is 15.3 Å². The highest BCUT2D eigenvalue weighted by molar-refractivity contribution is 5.95. The molecule has 3 rings (SSSR count). The van der Waals surface area contributed by atoms with E-state index >= 15 is 0 Å². The van der Waals surface area contributed by atoms with Crippen LogP contribution in [0.1, 0.15) is 17.4 Å². The second-order valence-electron chi connectivity index (χ2n) is 5.43. The van der Waals surface area contributed by atoms with Crippen LogP contribution in [0.2, 0.25) is 0 Å². The van der Waals surface area contributed by atoms with Crippen LogP contribution in [0.5, 0.6) is 0 Å². The summed E-state index contributed by atoms with van der Waals surface area (Å²) in [4.78, 5) is 21.0. The number of aliphatic hydroxyl groups excluding tert-OH is 1. The van der Waals surface area contributed by atoms with Crippen LogP contribution in [-0.2, 0) is 4.79 Å². The van der Waals surface area contributed by atoms with Gasteiger partial charge in [-0.15, -0.1) is 0 Å². The van der Waals surface area contributed by atoms with Crippen molar-refractivity contribution in [2.24, 2.45) is 0 Å². The van der Waals surface area contributed by atoms with Gasteiger partial charge < -0.3 is 15.0 Å². The van der Waals surface area contributed by atoms with Gasteiger partial charge in [-0.05, 0) is 26.0 Å². The van der Waals surface area contributed by atoms with E-state index in [0.29, 0.717) is 5.69 Å². The summed E-state index contributed by atoms with van der Waals surface area (Å²) in [5.41, 5.74) is 3.16. The molecule has 23 heavy (non-hydrogen) atoms. The number of pyridine rings is 1. The molecule has 6 nitrogen and oxygen atoms in total. The predicted molar refractivity (Wildman–Crippen MR) is 88.2 cm³/mol. The summed E-state index contributed by atoms with van der Waals surface area (Å²) in [6.45, 7) is 3.44. The number of hydrogen-bond acceptors (Lipinski definition) is 4. The Kier molecular flexibility index (Phi) is 4.08. The van der Waals surface area contributed by atoms with Gasteiger partial charge >= 0.3 is 0 Å². The van der Waals surface area contributed by atoms with E-state index in [1.165, 1.54) is 0 Å². The highest BCUT2D eigenvalue weighted by atomic mass is 16.3. The first-order valence-corrected chi connectivity index (χ1v) is 7.36. The molecule has 0 aliphatic rings. The van der Waals surface area contributed by atoms with Gasteiger partial charge in [0.15, 0.2) is 0 Å². The minimum absolute atomic E-state index is 0.301. The van der Waals surface area contributed by atoms with E-state index in [1.54, 1.807) is 17.1 Å². The number of anilines is 1. The summed E-state index contributed by atoms with van der Waals surface area (Å²) in [5.74, 6) is -0.301. The molecule has 1 atom stereocenters. The number of fused-ring (bicyclic) bond motifs is 1. The molecule has 0 radical (unpaired) electrons. The number of imidazole rings is 1. The van der Waals surface area contributed by atoms with E-state index in [4.69, 9.17) is 0 Å². The Balaban J connectivity index is 1.85. The molecule has 0 saturated heterocycles. The summed E-state index contributed by atoms with van der Waals surface area (Å²) >= 11 is 0. The first-order chi connectivity index (χ1) is 11.1. The van der Waals surface area contributed by atoms with Gasteiger partial charge in [-0.1, -0.05) is 18.2 Å². The number of hydrogen-bond donors (Lipinski definition) is 2. The van der Waals surface area contributed by atoms with Gasteiger partial charge in [0.05, 0.1) is 36.0 Å². The normalized spacial score (nSPS) is 12.3. The molecule has 2 heterocycles. The molecule has 0 spiro atoms. The van der Waals surface area contributed by atoms with Crippen molar-refractivity contribution in [2.75, 3.05) is 11.9 Å². The number of para-hydroxylation sites is 1. The third kappa shape index (κ3) is 2.93. The SMILES string of the molecule is Cc1ncn([C@@H](CO)C(=O)Nc2cnc3ccccc3c2)c1C. The molecule has 0 bridgehead atoms. The van der Waals surface area contributed by atoms with E-state index in [9.17, 15) is 9.90 Å². The van der Waals surface area contributed by atoms with E-state index in [0.717, 1.165) is 22.3 Å². The van der Waals surface area contributed by atoms with E-state index < -0.39 is 6.04 Å². The molecule has 0 aliphatic carbocycles. The van der Waals surface area contributed by atoms with Crippen molar-refractivity contribution in [3.05, 3.63) is 54.2 Å². The molecule has 0 saturated carbocycles. The zero-order valence-electron chi connectivity index (χ0n) is 13.0. The highest BCUT2D eigenvalue weighted by Crippen LogP contribution is 2.19. The zero-order chi connectivity index (χ0) is 16.4. The lowest BCUT2D eigenvalue weighted by Gasteiger charge is -2.17. The fraction of sp³-hybridized carbons (Fsp3) is 0.235. The van der Waals surface area contributed by atoms with Crippen LogP contribution < -0.4 is 5.32 Å². The van der Waals surface area contributed by atoms with Gasteiger partial charge in [0.1, 0.15) is 6.04 Å². The number of carbonyl (C=O) groups is 1. The van der Waals surface area contributed by atoms with Crippen molar-refractivity contribution in [2.45, 2.75) is 19.9 Å². The molecule has 0 aliphatic heterocycles. The summed E-state index contributed by atoms with van der Waals surface area (Å²) in [6, 6.07) is 8.83. The van der Waals surface area contributed by atoms with Crippen molar-refractivity contribution in [3.8, 4) is 0 Å². The second kappa shape index (κ2) is 6.18. The summed E-state index contributed by atoms with van der Waals surface area (Å²) in [7, 11) is 0. The van der Waals surface area contributed by atoms with Crippen LogP contribution in [0.4, 0.5) is 5.69 Å². The van der Waals surface area contributed by atoms with Crippen molar-refractivity contribution >= 4 is 22.5 Å². The first-order valence-electron chi connectivity index (χ1n) is 7.36. The minimum Gasteiger partial charge on any atom is -0.394 e. The lowest BCUT2D eigenvalue weighted by molar-refractivity contribution is -0.120. The predicted octanol–water partition coefficient (Wildman–Crippen LogP) is 2.22. The van der Waals surface area contributed by atoms with Gasteiger partial charge in [0.25, 0.3) is 0 Å². The Morgan fingerprint density at radius 1 is 1.30 bits per heavy atom. The third-order valence-electron chi connectivity index (χ3n) is 3.96. The van der Waals surface area contributed by atoms with E-state index in [-0.39, 0.29) is 12.5 Å². The molecule has 118 valence electrons. The molecule has 0 unspecified atom stereocenters. The summed E-state index contributed by atoms with van der Waals surface area (Å²) in [6.07, 6.45) is 3.18. The number of nitrogens with one attached hydrogen (secondary N) is 1. The van der Waals surface area contributed by atoms with Crippen LogP contribution in [-0.4, -0.2) is 32.2 Å². The molecule has 6 heteroatoms. The van der Waals surface area contributed by atoms with Crippen molar-refractivity contribution in [1.82, 2.24) is 14.5 Å². The Bertz CT molecular complexity index is 857. The number of aliphatic hydroxyl groups is 1. The van der Waals surface area contributed by atoms with Crippen LogP contribution in [0.3, 0.4) is 0 Å². The maximum atomic E-state index is 12.5. The monoisotopic (exact) mass is 310 g/mol. The maximum absolute atomic E-state index is 12.5. The molecular formula is C17H18N4O2. The van der Waals surface area contributed by atoms with Gasteiger partial charge in [0.2, 0.25) is 5.91 Å². The fourth-order valence-electron chi connectivity index (χ4n) is 2.49. The molecule has 0 fully saturated rings. The van der Waals surface area contributed by atoms with Gasteiger partial charge in [-0.2, -0.15) is 0 Å². The second-order valence-corrected chi connectivity index (χ2v) is 5.43. The molecule has 3 aromatic rings. The van der Waals surface area contributed by atoms with Crippen LogP contribution in [0.15, 0.2) is 42.9 Å². The number of benzene rings is 1. The Hall–Kier alpha value is -2.73. The highest BCUT2D eigenvalue weighted by Gasteiger charge is 2.22. The molecule has 1 amide bonds. The Morgan fingerprint density at radius 3 is 2.78 bits per heavy atom. The van der Waals surface area contributed by atoms with Crippen molar-refractivity contribution in [1.29, 1.82) is 0 Å². The summed E-state index contributed by atoms with van der Waals surface area (Å²) < 4.78 is 1.68. The third-order valence-corrected chi connectivity index (χ3v) is 3.96. The number of rotatable bonds is 4. The van der Waals surface area contributed by atoms with Gasteiger partial charge in [0, 0.05) is 11.1 Å². The largest absolute Gasteiger partial charge is 0.394 e. The number of nitrogens with zero attached hydrogens (tertiary/aromatic N) is 3. The zero-order valence-corrected chi connectivity index (χ0v) is 13.0. The average molecular weight is 310 g/mol. The maximum Gasteiger partial charge on any atom is 0.249 e. The first kappa shape index (κ1) is 15.2. The smallest absolute Gasteiger partial charge is 0.249 e. The Morgan fingerprint density at radius 2 is 2.09 bits per heavy atom. The van der Waals surface area contributed by atoms with Crippen molar-refractivity contribution < 1.29 is 9.90 Å². The molecule has 1 aromatic carbocycles. The van der Waals surface area contributed by atoms with Crippen LogP contribution >= 0.6 is 0 Å². The minimum atomic E-state index is -0.720.